The third-order valence-corrected chi connectivity index (χ3v) is 3.70. The van der Waals surface area contributed by atoms with Gasteiger partial charge in [-0.2, -0.15) is 0 Å². The lowest BCUT2D eigenvalue weighted by atomic mass is 10.2. The Bertz CT molecular complexity index is 492. The fourth-order valence-corrected chi connectivity index (χ4v) is 2.39. The lowest BCUT2D eigenvalue weighted by molar-refractivity contribution is 0.777. The Morgan fingerprint density at radius 3 is 2.53 bits per heavy atom. The van der Waals surface area contributed by atoms with E-state index in [9.17, 15) is 0 Å². The van der Waals surface area contributed by atoms with E-state index in [1.165, 1.54) is 10.5 Å². The van der Waals surface area contributed by atoms with Crippen molar-refractivity contribution in [3.8, 4) is 0 Å². The molecule has 1 aromatic carbocycles. The van der Waals surface area contributed by atoms with Gasteiger partial charge in [-0.3, -0.25) is 4.98 Å². The normalized spacial score (nSPS) is 12.4. The lowest BCUT2D eigenvalue weighted by Crippen LogP contribution is -2.06. The molecule has 0 amide bonds. The maximum absolute atomic E-state index is 5.77. The lowest BCUT2D eigenvalue weighted by Gasteiger charge is -2.07. The van der Waals surface area contributed by atoms with Crippen molar-refractivity contribution in [1.82, 2.24) is 4.98 Å². The SMILES string of the molecule is Cc1ccccc1Sc1ccc([C@H](C)N)nc1. The standard InChI is InChI=1S/C14H16N2S/c1-10-5-3-4-6-14(10)17-12-7-8-13(11(2)15)16-9-12/h3-9,11H,15H2,1-2H3/t11-/m0/s1. The monoisotopic (exact) mass is 244 g/mol. The van der Waals surface area contributed by atoms with Gasteiger partial charge in [-0.25, -0.2) is 0 Å². The van der Waals surface area contributed by atoms with Crippen molar-refractivity contribution in [2.24, 2.45) is 5.73 Å². The van der Waals surface area contributed by atoms with Gasteiger partial charge in [0.2, 0.25) is 0 Å². The van der Waals surface area contributed by atoms with Gasteiger partial charge < -0.3 is 5.73 Å². The molecule has 0 fully saturated rings. The number of rotatable bonds is 3. The first-order valence-corrected chi connectivity index (χ1v) is 6.43. The van der Waals surface area contributed by atoms with Gasteiger partial charge in [0.15, 0.2) is 0 Å². The predicted molar refractivity (Wildman–Crippen MR) is 72.1 cm³/mol. The first-order valence-electron chi connectivity index (χ1n) is 5.62. The van der Waals surface area contributed by atoms with Crippen molar-refractivity contribution < 1.29 is 0 Å². The number of hydrogen-bond donors (Lipinski definition) is 1. The summed E-state index contributed by atoms with van der Waals surface area (Å²) < 4.78 is 0. The zero-order chi connectivity index (χ0) is 12.3. The average Bonchev–Trinajstić information content (AvgIpc) is 2.33. The molecule has 0 aliphatic rings. The highest BCUT2D eigenvalue weighted by Crippen LogP contribution is 2.29. The number of aryl methyl sites for hydroxylation is 1. The van der Waals surface area contributed by atoms with E-state index in [1.807, 2.05) is 19.2 Å². The van der Waals surface area contributed by atoms with E-state index in [0.29, 0.717) is 0 Å². The Morgan fingerprint density at radius 1 is 1.18 bits per heavy atom. The summed E-state index contributed by atoms with van der Waals surface area (Å²) in [5.74, 6) is 0. The molecule has 0 unspecified atom stereocenters. The first-order chi connectivity index (χ1) is 8.16. The van der Waals surface area contributed by atoms with Gasteiger partial charge in [-0.05, 0) is 37.6 Å². The summed E-state index contributed by atoms with van der Waals surface area (Å²) in [5, 5.41) is 0. The minimum Gasteiger partial charge on any atom is -0.323 e. The van der Waals surface area contributed by atoms with E-state index < -0.39 is 0 Å². The van der Waals surface area contributed by atoms with Gasteiger partial charge in [0, 0.05) is 22.0 Å². The molecule has 1 heterocycles. The van der Waals surface area contributed by atoms with E-state index in [-0.39, 0.29) is 6.04 Å². The van der Waals surface area contributed by atoms with Crippen LogP contribution in [0.1, 0.15) is 24.2 Å². The molecule has 0 spiro atoms. The van der Waals surface area contributed by atoms with Gasteiger partial charge >= 0.3 is 0 Å². The highest BCUT2D eigenvalue weighted by atomic mass is 32.2. The van der Waals surface area contributed by atoms with E-state index >= 15 is 0 Å². The molecule has 0 aliphatic heterocycles. The topological polar surface area (TPSA) is 38.9 Å². The summed E-state index contributed by atoms with van der Waals surface area (Å²) in [4.78, 5) is 6.77. The van der Waals surface area contributed by atoms with Crippen LogP contribution in [0.15, 0.2) is 52.4 Å². The Balaban J connectivity index is 2.17. The van der Waals surface area contributed by atoms with Crippen molar-refractivity contribution >= 4 is 11.8 Å². The molecule has 1 atom stereocenters. The number of nitrogens with two attached hydrogens (primary N) is 1. The number of benzene rings is 1. The third kappa shape index (κ3) is 3.08. The molecule has 2 N–H and O–H groups in total. The molecule has 2 nitrogen and oxygen atoms in total. The van der Waals surface area contributed by atoms with Gasteiger partial charge in [-0.1, -0.05) is 30.0 Å². The van der Waals surface area contributed by atoms with Crippen molar-refractivity contribution in [3.05, 3.63) is 53.9 Å². The summed E-state index contributed by atoms with van der Waals surface area (Å²) in [6.45, 7) is 4.06. The summed E-state index contributed by atoms with van der Waals surface area (Å²) >= 11 is 1.73. The van der Waals surface area contributed by atoms with Gasteiger partial charge in [-0.15, -0.1) is 0 Å². The first kappa shape index (κ1) is 12.1. The van der Waals surface area contributed by atoms with Gasteiger partial charge in [0.05, 0.1) is 5.69 Å². The molecule has 1 aromatic heterocycles. The van der Waals surface area contributed by atoms with Crippen molar-refractivity contribution in [2.45, 2.75) is 29.7 Å². The molecule has 0 aliphatic carbocycles. The average molecular weight is 244 g/mol. The van der Waals surface area contributed by atoms with Crippen LogP contribution < -0.4 is 5.73 Å². The molecule has 0 radical (unpaired) electrons. The quantitative estimate of drug-likeness (QED) is 0.897. The number of pyridine rings is 1. The Morgan fingerprint density at radius 2 is 1.94 bits per heavy atom. The summed E-state index contributed by atoms with van der Waals surface area (Å²) in [5.41, 5.74) is 7.99. The molecular formula is C14H16N2S. The van der Waals surface area contributed by atoms with Crippen molar-refractivity contribution in [3.63, 3.8) is 0 Å². The Labute approximate surface area is 106 Å². The van der Waals surface area contributed by atoms with Crippen LogP contribution in [0.2, 0.25) is 0 Å². The van der Waals surface area contributed by atoms with Crippen LogP contribution in [0.5, 0.6) is 0 Å². The fourth-order valence-electron chi connectivity index (χ4n) is 1.52. The van der Waals surface area contributed by atoms with Crippen LogP contribution in [0.4, 0.5) is 0 Å². The molecular weight excluding hydrogens is 228 g/mol. The van der Waals surface area contributed by atoms with Crippen LogP contribution in [0.25, 0.3) is 0 Å². The molecule has 0 saturated carbocycles. The zero-order valence-corrected chi connectivity index (χ0v) is 10.9. The minimum atomic E-state index is -0.00693. The van der Waals surface area contributed by atoms with Crippen LogP contribution in [0.3, 0.4) is 0 Å². The zero-order valence-electron chi connectivity index (χ0n) is 10.1. The van der Waals surface area contributed by atoms with Gasteiger partial charge in [0.1, 0.15) is 0 Å². The maximum atomic E-state index is 5.77. The maximum Gasteiger partial charge on any atom is 0.0569 e. The fraction of sp³-hybridized carbons (Fsp3) is 0.214. The molecule has 0 bridgehead atoms. The second-order valence-electron chi connectivity index (χ2n) is 4.08. The second kappa shape index (κ2) is 5.34. The summed E-state index contributed by atoms with van der Waals surface area (Å²) in [7, 11) is 0. The number of nitrogens with zero attached hydrogens (tertiary/aromatic N) is 1. The summed E-state index contributed by atoms with van der Waals surface area (Å²) in [6, 6.07) is 12.4. The molecule has 88 valence electrons. The van der Waals surface area contributed by atoms with Crippen LogP contribution in [-0.4, -0.2) is 4.98 Å². The van der Waals surface area contributed by atoms with E-state index in [4.69, 9.17) is 5.73 Å². The number of aromatic nitrogens is 1. The second-order valence-corrected chi connectivity index (χ2v) is 5.19. The number of hydrogen-bond acceptors (Lipinski definition) is 3. The highest BCUT2D eigenvalue weighted by molar-refractivity contribution is 7.99. The molecule has 2 aromatic rings. The minimum absolute atomic E-state index is 0.00693. The van der Waals surface area contributed by atoms with Crippen molar-refractivity contribution in [2.75, 3.05) is 0 Å². The largest absolute Gasteiger partial charge is 0.323 e. The Kier molecular flexibility index (Phi) is 3.82. The van der Waals surface area contributed by atoms with Gasteiger partial charge in [0.25, 0.3) is 0 Å². The molecule has 2 rings (SSSR count). The third-order valence-electron chi connectivity index (χ3n) is 2.55. The molecule has 17 heavy (non-hydrogen) atoms. The van der Waals surface area contributed by atoms with E-state index in [0.717, 1.165) is 10.6 Å². The highest BCUT2D eigenvalue weighted by Gasteiger charge is 2.03. The van der Waals surface area contributed by atoms with Crippen LogP contribution in [-0.2, 0) is 0 Å². The van der Waals surface area contributed by atoms with Crippen LogP contribution in [0, 0.1) is 6.92 Å². The Hall–Kier alpha value is -1.32. The molecule has 0 saturated heterocycles. The molecule has 3 heteroatoms. The van der Waals surface area contributed by atoms with Crippen molar-refractivity contribution in [1.29, 1.82) is 0 Å². The van der Waals surface area contributed by atoms with Crippen LogP contribution >= 0.6 is 11.8 Å². The smallest absolute Gasteiger partial charge is 0.0569 e. The summed E-state index contributed by atoms with van der Waals surface area (Å²) in [6.07, 6.45) is 1.88. The van der Waals surface area contributed by atoms with E-state index in [1.54, 1.807) is 11.8 Å². The predicted octanol–water partition coefficient (Wildman–Crippen LogP) is 3.56. The van der Waals surface area contributed by atoms with E-state index in [2.05, 4.69) is 42.2 Å².